The third-order valence-corrected chi connectivity index (χ3v) is 5.13. The highest BCUT2D eigenvalue weighted by atomic mass is 16.5. The zero-order chi connectivity index (χ0) is 21.2. The Morgan fingerprint density at radius 3 is 2.48 bits per heavy atom. The third kappa shape index (κ3) is 7.08. The topological polar surface area (TPSA) is 68.4 Å². The van der Waals surface area contributed by atoms with Gasteiger partial charge in [0.05, 0.1) is 12.5 Å². The number of hydrogen-bond donors (Lipinski definition) is 1. The quantitative estimate of drug-likeness (QED) is 0.404. The molecule has 0 aliphatic carbocycles. The maximum Gasteiger partial charge on any atom is 0.355 e. The van der Waals surface area contributed by atoms with Gasteiger partial charge in [-0.15, -0.1) is 0 Å². The maximum atomic E-state index is 12.5. The van der Waals surface area contributed by atoms with E-state index in [1.807, 2.05) is 51.1 Å². The molecule has 0 bridgehead atoms. The van der Waals surface area contributed by atoms with Gasteiger partial charge in [-0.25, -0.2) is 4.79 Å². The number of carbonyl (C=O) groups excluding carboxylic acids is 2. The lowest BCUT2D eigenvalue weighted by molar-refractivity contribution is -0.147. The first-order valence-corrected chi connectivity index (χ1v) is 10.5. The summed E-state index contributed by atoms with van der Waals surface area (Å²) in [5.41, 5.74) is 3.67. The van der Waals surface area contributed by atoms with Gasteiger partial charge in [0.1, 0.15) is 12.3 Å². The molecule has 158 valence electrons. The van der Waals surface area contributed by atoms with Crippen LogP contribution in [0.4, 0.5) is 0 Å². The highest BCUT2D eigenvalue weighted by Crippen LogP contribution is 2.21. The molecule has 1 heterocycles. The lowest BCUT2D eigenvalue weighted by Crippen LogP contribution is -2.17. The minimum absolute atomic E-state index is 0.0887. The second-order valence-electron chi connectivity index (χ2n) is 7.62. The molecule has 0 unspecified atom stereocenters. The largest absolute Gasteiger partial charge is 0.462 e. The molecular weight excluding hydrogens is 366 g/mol. The van der Waals surface area contributed by atoms with Gasteiger partial charge in [0.2, 0.25) is 0 Å². The number of benzene rings is 1. The molecule has 29 heavy (non-hydrogen) atoms. The zero-order valence-corrected chi connectivity index (χ0v) is 18.0. The number of esters is 2. The molecule has 1 aromatic carbocycles. The number of aromatic nitrogens is 1. The van der Waals surface area contributed by atoms with E-state index in [4.69, 9.17) is 9.47 Å². The molecule has 1 aromatic heterocycles. The van der Waals surface area contributed by atoms with E-state index in [0.29, 0.717) is 5.69 Å². The second-order valence-corrected chi connectivity index (χ2v) is 7.62. The molecule has 0 aliphatic rings. The van der Waals surface area contributed by atoms with Gasteiger partial charge in [0, 0.05) is 5.69 Å². The molecule has 0 saturated carbocycles. The molecule has 0 aliphatic heterocycles. The van der Waals surface area contributed by atoms with E-state index in [1.54, 1.807) is 0 Å². The summed E-state index contributed by atoms with van der Waals surface area (Å²) >= 11 is 0. The average Bonchev–Trinajstić information content (AvgIpc) is 2.98. The average molecular weight is 400 g/mol. The smallest absolute Gasteiger partial charge is 0.355 e. The Balaban J connectivity index is 1.90. The normalized spacial score (nSPS) is 11.9. The summed E-state index contributed by atoms with van der Waals surface area (Å²) in [5.74, 6) is -0.680. The molecular formula is C24H33NO4. The Bertz CT molecular complexity index is 795. The predicted molar refractivity (Wildman–Crippen MR) is 114 cm³/mol. The van der Waals surface area contributed by atoms with Crippen LogP contribution in [0, 0.1) is 13.8 Å². The summed E-state index contributed by atoms with van der Waals surface area (Å²) < 4.78 is 11.0. The van der Waals surface area contributed by atoms with E-state index in [2.05, 4.69) is 11.9 Å². The van der Waals surface area contributed by atoms with Crippen molar-refractivity contribution >= 4 is 11.9 Å². The monoisotopic (exact) mass is 399 g/mol. The van der Waals surface area contributed by atoms with Crippen LogP contribution in [0.1, 0.15) is 78.8 Å². The van der Waals surface area contributed by atoms with Gasteiger partial charge in [0.25, 0.3) is 0 Å². The van der Waals surface area contributed by atoms with E-state index in [1.165, 1.54) is 19.3 Å². The molecule has 0 saturated heterocycles. The first-order chi connectivity index (χ1) is 13.9. The number of ether oxygens (including phenoxy) is 2. The highest BCUT2D eigenvalue weighted by molar-refractivity contribution is 5.90. The highest BCUT2D eigenvalue weighted by Gasteiger charge is 2.21. The number of unbranched alkanes of at least 4 members (excludes halogenated alkanes) is 3. The zero-order valence-electron chi connectivity index (χ0n) is 18.0. The lowest BCUT2D eigenvalue weighted by Gasteiger charge is -2.13. The van der Waals surface area contributed by atoms with Gasteiger partial charge in [-0.2, -0.15) is 0 Å². The van der Waals surface area contributed by atoms with Crippen molar-refractivity contribution in [3.8, 4) is 0 Å². The van der Waals surface area contributed by atoms with Gasteiger partial charge in [-0.1, -0.05) is 56.5 Å². The number of hydrogen-bond acceptors (Lipinski definition) is 4. The fourth-order valence-electron chi connectivity index (χ4n) is 3.38. The van der Waals surface area contributed by atoms with Crippen LogP contribution in [0.3, 0.4) is 0 Å². The van der Waals surface area contributed by atoms with Crippen molar-refractivity contribution in [2.75, 3.05) is 0 Å². The van der Waals surface area contributed by atoms with Crippen LogP contribution in [0.25, 0.3) is 0 Å². The van der Waals surface area contributed by atoms with Crippen molar-refractivity contribution in [1.82, 2.24) is 4.98 Å². The van der Waals surface area contributed by atoms with Crippen molar-refractivity contribution in [3.05, 3.63) is 58.4 Å². The van der Waals surface area contributed by atoms with Crippen LogP contribution < -0.4 is 0 Å². The van der Waals surface area contributed by atoms with E-state index < -0.39 is 5.97 Å². The van der Waals surface area contributed by atoms with Crippen molar-refractivity contribution < 1.29 is 19.1 Å². The number of aryl methyl sites for hydroxylation is 1. The van der Waals surface area contributed by atoms with E-state index in [9.17, 15) is 9.59 Å². The second kappa shape index (κ2) is 11.4. The van der Waals surface area contributed by atoms with Crippen molar-refractivity contribution in [3.63, 3.8) is 0 Å². The summed E-state index contributed by atoms with van der Waals surface area (Å²) in [4.78, 5) is 27.9. The summed E-state index contributed by atoms with van der Waals surface area (Å²) in [6.45, 7) is 8.02. The molecule has 2 aromatic rings. The van der Waals surface area contributed by atoms with Crippen LogP contribution in [0.2, 0.25) is 0 Å². The first-order valence-electron chi connectivity index (χ1n) is 10.5. The van der Waals surface area contributed by atoms with Crippen molar-refractivity contribution in [1.29, 1.82) is 0 Å². The van der Waals surface area contributed by atoms with Crippen LogP contribution >= 0.6 is 0 Å². The number of H-pyrrole nitrogens is 1. The summed E-state index contributed by atoms with van der Waals surface area (Å²) in [5, 5.41) is 0. The van der Waals surface area contributed by atoms with E-state index >= 15 is 0 Å². The van der Waals surface area contributed by atoms with Crippen LogP contribution in [0.15, 0.2) is 30.3 Å². The van der Waals surface area contributed by atoms with Crippen LogP contribution in [0.5, 0.6) is 0 Å². The van der Waals surface area contributed by atoms with E-state index in [-0.39, 0.29) is 25.1 Å². The Hall–Kier alpha value is -2.56. The molecule has 0 fully saturated rings. The lowest BCUT2D eigenvalue weighted by atomic mass is 10.1. The molecule has 0 amide bonds. The molecule has 1 atom stereocenters. The number of nitrogens with one attached hydrogen (secondary N) is 1. The fourth-order valence-corrected chi connectivity index (χ4v) is 3.38. The number of carbonyl (C=O) groups is 2. The third-order valence-electron chi connectivity index (χ3n) is 5.13. The molecule has 0 spiro atoms. The van der Waals surface area contributed by atoms with Gasteiger partial charge < -0.3 is 14.5 Å². The number of aromatic amines is 1. The Kier molecular flexibility index (Phi) is 8.97. The summed E-state index contributed by atoms with van der Waals surface area (Å²) in [6.07, 6.45) is 5.59. The fraction of sp³-hybridized carbons (Fsp3) is 0.500. The minimum atomic E-state index is -0.418. The molecule has 5 nitrogen and oxygen atoms in total. The Morgan fingerprint density at radius 1 is 1.07 bits per heavy atom. The van der Waals surface area contributed by atoms with Crippen LogP contribution in [-0.2, 0) is 27.3 Å². The predicted octanol–water partition coefficient (Wildman–Crippen LogP) is 5.43. The maximum absolute atomic E-state index is 12.5. The van der Waals surface area contributed by atoms with Gasteiger partial charge in [-0.3, -0.25) is 4.79 Å². The molecule has 5 heteroatoms. The minimum Gasteiger partial charge on any atom is -0.462 e. The standard InChI is InChI=1S/C24H33NO4/c1-5-6-7-9-12-17(2)29-22(26)15-21-18(3)23(25-19(21)4)24(27)28-16-20-13-10-8-11-14-20/h8,10-11,13-14,17,25H,5-7,9,12,15-16H2,1-4H3/t17-/m1/s1. The van der Waals surface area contributed by atoms with E-state index in [0.717, 1.165) is 35.2 Å². The molecule has 2 rings (SSSR count). The van der Waals surface area contributed by atoms with Crippen molar-refractivity contribution in [2.45, 2.75) is 78.9 Å². The number of rotatable bonds is 11. The van der Waals surface area contributed by atoms with Gasteiger partial charge in [-0.05, 0) is 50.3 Å². The van der Waals surface area contributed by atoms with Crippen molar-refractivity contribution in [2.24, 2.45) is 0 Å². The Labute approximate surface area is 173 Å². The van der Waals surface area contributed by atoms with Gasteiger partial charge >= 0.3 is 11.9 Å². The SMILES string of the molecule is CCCCCC[C@@H](C)OC(=O)Cc1c(C)[nH]c(C(=O)OCc2ccccc2)c1C. The first kappa shape index (κ1) is 22.7. The Morgan fingerprint density at radius 2 is 1.79 bits per heavy atom. The van der Waals surface area contributed by atoms with Crippen LogP contribution in [-0.4, -0.2) is 23.0 Å². The summed E-state index contributed by atoms with van der Waals surface area (Å²) in [7, 11) is 0. The summed E-state index contributed by atoms with van der Waals surface area (Å²) in [6, 6.07) is 9.54. The molecule has 1 N–H and O–H groups in total. The van der Waals surface area contributed by atoms with Gasteiger partial charge in [0.15, 0.2) is 0 Å². The molecule has 0 radical (unpaired) electrons.